The van der Waals surface area contributed by atoms with Crippen molar-refractivity contribution in [2.75, 3.05) is 23.4 Å². The maximum Gasteiger partial charge on any atom is 0.416 e. The summed E-state index contributed by atoms with van der Waals surface area (Å²) in [5, 5.41) is 20.1. The lowest BCUT2D eigenvalue weighted by Gasteiger charge is -2.34. The Morgan fingerprint density at radius 2 is 1.81 bits per heavy atom. The molecule has 1 fully saturated rings. The molecule has 5 N–H and O–H groups in total. The number of ether oxygens (including phenoxy) is 1. The predicted octanol–water partition coefficient (Wildman–Crippen LogP) is 1.72. The van der Waals surface area contributed by atoms with Gasteiger partial charge in [-0.05, 0) is 48.5 Å². The molecule has 2 aromatic carbocycles. The van der Waals surface area contributed by atoms with Gasteiger partial charge in [-0.15, -0.1) is 0 Å². The number of aliphatic hydroxyl groups excluding tert-OH is 1. The first-order valence-electron chi connectivity index (χ1n) is 9.11. The van der Waals surface area contributed by atoms with Crippen molar-refractivity contribution in [3.63, 3.8) is 0 Å². The number of carbonyl (C=O) groups excluding carboxylic acids is 2. The first kappa shape index (κ1) is 22.2. The Hall–Kier alpha value is -3.44. The molecule has 0 spiro atoms. The Kier molecular flexibility index (Phi) is 6.27. The first-order valence-corrected chi connectivity index (χ1v) is 9.11. The van der Waals surface area contributed by atoms with Crippen molar-refractivity contribution in [3.05, 3.63) is 59.7 Å². The topological polar surface area (TPSA) is 129 Å². The quantitative estimate of drug-likeness (QED) is 0.419. The summed E-state index contributed by atoms with van der Waals surface area (Å²) in [5.74, 6) is -1.80. The Morgan fingerprint density at radius 3 is 2.35 bits per heavy atom. The number of amides is 2. The van der Waals surface area contributed by atoms with Gasteiger partial charge in [0.25, 0.3) is 11.8 Å². The van der Waals surface area contributed by atoms with Crippen LogP contribution in [-0.2, 0) is 20.5 Å². The lowest BCUT2D eigenvalue weighted by Crippen LogP contribution is -2.55. The van der Waals surface area contributed by atoms with E-state index in [1.54, 1.807) is 0 Å². The molecule has 1 unspecified atom stereocenters. The summed E-state index contributed by atoms with van der Waals surface area (Å²) in [6, 6.07) is 9.93. The van der Waals surface area contributed by atoms with Crippen molar-refractivity contribution in [1.82, 2.24) is 0 Å². The summed E-state index contributed by atoms with van der Waals surface area (Å²) in [7, 11) is 0. The molecule has 164 valence electrons. The molecule has 0 aromatic heterocycles. The first-order chi connectivity index (χ1) is 14.6. The van der Waals surface area contributed by atoms with Gasteiger partial charge < -0.3 is 25.8 Å². The highest BCUT2D eigenvalue weighted by Gasteiger charge is 2.39. The molecule has 2 amide bonds. The van der Waals surface area contributed by atoms with Crippen molar-refractivity contribution in [2.24, 2.45) is 5.73 Å². The number of benzene rings is 2. The molecule has 1 aliphatic rings. The number of nitrogens with zero attached hydrogens (tertiary/aromatic N) is 1. The molecule has 2 atom stereocenters. The number of hydrogen-bond donors (Lipinski definition) is 4. The normalized spacial score (nSPS) is 17.9. The van der Waals surface area contributed by atoms with E-state index in [4.69, 9.17) is 15.9 Å². The minimum Gasteiger partial charge on any atom is -0.384 e. The Labute approximate surface area is 174 Å². The molecule has 1 saturated heterocycles. The summed E-state index contributed by atoms with van der Waals surface area (Å²) in [4.78, 5) is 26.3. The van der Waals surface area contributed by atoms with E-state index in [9.17, 15) is 27.9 Å². The van der Waals surface area contributed by atoms with E-state index in [0.29, 0.717) is 11.3 Å². The highest BCUT2D eigenvalue weighted by atomic mass is 19.4. The van der Waals surface area contributed by atoms with Gasteiger partial charge >= 0.3 is 6.18 Å². The second-order valence-electron chi connectivity index (χ2n) is 6.75. The molecule has 1 aliphatic heterocycles. The van der Waals surface area contributed by atoms with E-state index in [2.05, 4.69) is 5.32 Å². The van der Waals surface area contributed by atoms with Crippen molar-refractivity contribution in [1.29, 1.82) is 5.41 Å². The zero-order chi connectivity index (χ0) is 22.8. The molecule has 31 heavy (non-hydrogen) atoms. The van der Waals surface area contributed by atoms with Crippen LogP contribution in [-0.4, -0.2) is 48.1 Å². The molecule has 3 rings (SSSR count). The molecule has 11 heteroatoms. The Morgan fingerprint density at radius 1 is 1.19 bits per heavy atom. The average molecular weight is 436 g/mol. The second kappa shape index (κ2) is 8.74. The van der Waals surface area contributed by atoms with E-state index < -0.39 is 35.8 Å². The lowest BCUT2D eigenvalue weighted by molar-refractivity contribution is -0.150. The summed E-state index contributed by atoms with van der Waals surface area (Å²) < 4.78 is 43.5. The van der Waals surface area contributed by atoms with Gasteiger partial charge in [-0.1, -0.05) is 0 Å². The van der Waals surface area contributed by atoms with E-state index in [0.717, 1.165) is 29.2 Å². The van der Waals surface area contributed by atoms with Crippen LogP contribution in [0, 0.1) is 5.41 Å². The third-order valence-corrected chi connectivity index (χ3v) is 4.65. The van der Waals surface area contributed by atoms with Gasteiger partial charge in [-0.25, -0.2) is 0 Å². The largest absolute Gasteiger partial charge is 0.416 e. The SMILES string of the molecule is N=C(N)c1ccc(NC(=O)C(O)[C@H]2OCCN(c3ccc(C(F)(F)F)cc3)C2=O)cc1. The number of alkyl halides is 3. The second-order valence-corrected chi connectivity index (χ2v) is 6.75. The van der Waals surface area contributed by atoms with Crippen LogP contribution in [0.5, 0.6) is 0 Å². The van der Waals surface area contributed by atoms with E-state index in [1.807, 2.05) is 0 Å². The summed E-state index contributed by atoms with van der Waals surface area (Å²) >= 11 is 0. The molecular formula is C20H19F3N4O4. The summed E-state index contributed by atoms with van der Waals surface area (Å²) in [6.07, 6.45) is -7.88. The predicted molar refractivity (Wildman–Crippen MR) is 106 cm³/mol. The molecule has 2 aromatic rings. The maximum absolute atomic E-state index is 12.7. The van der Waals surface area contributed by atoms with Gasteiger partial charge in [0.1, 0.15) is 5.84 Å². The van der Waals surface area contributed by atoms with Crippen molar-refractivity contribution < 1.29 is 32.6 Å². The van der Waals surface area contributed by atoms with Crippen molar-refractivity contribution in [2.45, 2.75) is 18.4 Å². The lowest BCUT2D eigenvalue weighted by atomic mass is 10.1. The van der Waals surface area contributed by atoms with Crippen LogP contribution in [0.25, 0.3) is 0 Å². The van der Waals surface area contributed by atoms with E-state index in [-0.39, 0.29) is 24.7 Å². The molecule has 0 radical (unpaired) electrons. The summed E-state index contributed by atoms with van der Waals surface area (Å²) in [5.41, 5.74) is 5.44. The van der Waals surface area contributed by atoms with Gasteiger partial charge in [0, 0.05) is 23.5 Å². The minimum absolute atomic E-state index is 0.0188. The van der Waals surface area contributed by atoms with Crippen LogP contribution in [0.15, 0.2) is 48.5 Å². The van der Waals surface area contributed by atoms with Gasteiger partial charge in [0.15, 0.2) is 12.2 Å². The monoisotopic (exact) mass is 436 g/mol. The Balaban J connectivity index is 1.69. The number of nitrogen functional groups attached to an aromatic ring is 1. The zero-order valence-electron chi connectivity index (χ0n) is 16.0. The van der Waals surface area contributed by atoms with Crippen molar-refractivity contribution >= 4 is 29.0 Å². The maximum atomic E-state index is 12.7. The van der Waals surface area contributed by atoms with Crippen LogP contribution >= 0.6 is 0 Å². The van der Waals surface area contributed by atoms with Crippen LogP contribution in [0.4, 0.5) is 24.5 Å². The number of rotatable bonds is 5. The fourth-order valence-corrected chi connectivity index (χ4v) is 3.01. The molecule has 8 nitrogen and oxygen atoms in total. The molecule has 1 heterocycles. The highest BCUT2D eigenvalue weighted by molar-refractivity contribution is 6.04. The Bertz CT molecular complexity index is 977. The fraction of sp³-hybridized carbons (Fsp3) is 0.250. The number of amidine groups is 1. The standard InChI is InChI=1S/C20H19F3N4O4/c21-20(22,23)12-3-7-14(8-4-12)27-9-10-31-16(19(27)30)15(28)18(29)26-13-5-1-11(2-6-13)17(24)25/h1-8,15-16,28H,9-10H2,(H3,24,25)(H,26,29)/t15?,16-/m1/s1. The summed E-state index contributed by atoms with van der Waals surface area (Å²) in [6.45, 7) is 0.0383. The van der Waals surface area contributed by atoms with Crippen LogP contribution < -0.4 is 16.0 Å². The number of halogens is 3. The molecule has 0 saturated carbocycles. The number of nitrogens with one attached hydrogen (secondary N) is 2. The molecule has 0 aliphatic carbocycles. The van der Waals surface area contributed by atoms with Crippen LogP contribution in [0.1, 0.15) is 11.1 Å². The average Bonchev–Trinajstić information content (AvgIpc) is 2.73. The number of hydrogen-bond acceptors (Lipinski definition) is 5. The number of nitrogens with two attached hydrogens (primary N) is 1. The molecular weight excluding hydrogens is 417 g/mol. The van der Waals surface area contributed by atoms with Crippen molar-refractivity contribution in [3.8, 4) is 0 Å². The highest BCUT2D eigenvalue weighted by Crippen LogP contribution is 2.31. The third-order valence-electron chi connectivity index (χ3n) is 4.65. The number of carbonyl (C=O) groups is 2. The molecule has 0 bridgehead atoms. The van der Waals surface area contributed by atoms with Gasteiger partial charge in [-0.2, -0.15) is 13.2 Å². The number of anilines is 2. The zero-order valence-corrected chi connectivity index (χ0v) is 16.0. The van der Waals surface area contributed by atoms with Crippen LogP contribution in [0.2, 0.25) is 0 Å². The van der Waals surface area contributed by atoms with Gasteiger partial charge in [0.2, 0.25) is 0 Å². The van der Waals surface area contributed by atoms with E-state index in [1.165, 1.54) is 24.3 Å². The number of morpholine rings is 1. The number of aliphatic hydroxyl groups is 1. The smallest absolute Gasteiger partial charge is 0.384 e. The van der Waals surface area contributed by atoms with Gasteiger partial charge in [0.05, 0.1) is 12.2 Å². The minimum atomic E-state index is -4.51. The van der Waals surface area contributed by atoms with Gasteiger partial charge in [-0.3, -0.25) is 15.0 Å². The van der Waals surface area contributed by atoms with E-state index >= 15 is 0 Å². The van der Waals surface area contributed by atoms with Crippen LogP contribution in [0.3, 0.4) is 0 Å². The fourth-order valence-electron chi connectivity index (χ4n) is 3.01. The third kappa shape index (κ3) is 5.01.